The standard InChI is InChI=1S/C28H30ClFN2O3/c1-19(2)31-28(34)26(16-21-9-5-4-6-10-21)32(17-22-11-7-8-12-25(22)30)27(33)18-35-23-13-14-24(29)20(3)15-23/h4-15,19,26H,16-18H2,1-3H3,(H,31,34)/t26-/m0/s1. The van der Waals surface area contributed by atoms with Gasteiger partial charge in [0.2, 0.25) is 5.91 Å². The molecule has 7 heteroatoms. The molecule has 0 heterocycles. The van der Waals surface area contributed by atoms with Crippen molar-refractivity contribution in [3.8, 4) is 5.75 Å². The zero-order chi connectivity index (χ0) is 25.4. The molecule has 3 aromatic rings. The average Bonchev–Trinajstić information content (AvgIpc) is 2.83. The van der Waals surface area contributed by atoms with E-state index in [1.54, 1.807) is 36.4 Å². The molecule has 2 amide bonds. The maximum absolute atomic E-state index is 14.6. The lowest BCUT2D eigenvalue weighted by molar-refractivity contribution is -0.143. The zero-order valence-corrected chi connectivity index (χ0v) is 20.9. The van der Waals surface area contributed by atoms with Gasteiger partial charge in [-0.3, -0.25) is 9.59 Å². The van der Waals surface area contributed by atoms with E-state index in [0.29, 0.717) is 16.3 Å². The molecule has 0 fully saturated rings. The molecule has 5 nitrogen and oxygen atoms in total. The SMILES string of the molecule is Cc1cc(OCC(=O)N(Cc2ccccc2F)[C@@H](Cc2ccccc2)C(=O)NC(C)C)ccc1Cl. The first kappa shape index (κ1) is 26.2. The predicted molar refractivity (Wildman–Crippen MR) is 136 cm³/mol. The minimum Gasteiger partial charge on any atom is -0.484 e. The third-order valence-corrected chi connectivity index (χ3v) is 5.92. The summed E-state index contributed by atoms with van der Waals surface area (Å²) >= 11 is 6.08. The third kappa shape index (κ3) is 7.55. The normalized spacial score (nSPS) is 11.7. The molecule has 0 aliphatic carbocycles. The Kier molecular flexibility index (Phi) is 9.26. The lowest BCUT2D eigenvalue weighted by Gasteiger charge is -2.32. The fourth-order valence-electron chi connectivity index (χ4n) is 3.68. The molecule has 35 heavy (non-hydrogen) atoms. The number of rotatable bonds is 10. The Balaban J connectivity index is 1.92. The van der Waals surface area contributed by atoms with Crippen LogP contribution in [0, 0.1) is 12.7 Å². The van der Waals surface area contributed by atoms with E-state index < -0.39 is 17.8 Å². The highest BCUT2D eigenvalue weighted by Gasteiger charge is 2.31. The van der Waals surface area contributed by atoms with Crippen molar-refractivity contribution in [2.45, 2.75) is 45.8 Å². The second-order valence-electron chi connectivity index (χ2n) is 8.68. The fraction of sp³-hybridized carbons (Fsp3) is 0.286. The number of amides is 2. The number of ether oxygens (including phenoxy) is 1. The lowest BCUT2D eigenvalue weighted by atomic mass is 10.0. The molecular formula is C28H30ClFN2O3. The van der Waals surface area contributed by atoms with Crippen LogP contribution >= 0.6 is 11.6 Å². The maximum Gasteiger partial charge on any atom is 0.261 e. The Hall–Kier alpha value is -3.38. The van der Waals surface area contributed by atoms with Crippen LogP contribution in [0.15, 0.2) is 72.8 Å². The molecule has 3 aromatic carbocycles. The second-order valence-corrected chi connectivity index (χ2v) is 9.09. The minimum absolute atomic E-state index is 0.0719. The molecule has 0 aromatic heterocycles. The van der Waals surface area contributed by atoms with Crippen LogP contribution in [-0.2, 0) is 22.6 Å². The van der Waals surface area contributed by atoms with Gasteiger partial charge in [-0.25, -0.2) is 4.39 Å². The van der Waals surface area contributed by atoms with Crippen molar-refractivity contribution >= 4 is 23.4 Å². The predicted octanol–water partition coefficient (Wildman–Crippen LogP) is 5.33. The molecule has 184 valence electrons. The summed E-state index contributed by atoms with van der Waals surface area (Å²) in [6.07, 6.45) is 0.277. The molecule has 0 radical (unpaired) electrons. The molecule has 0 aliphatic rings. The number of halogens is 2. The van der Waals surface area contributed by atoms with Gasteiger partial charge in [0.05, 0.1) is 0 Å². The van der Waals surface area contributed by atoms with E-state index in [1.165, 1.54) is 11.0 Å². The molecule has 1 N–H and O–H groups in total. The number of benzene rings is 3. The van der Waals surface area contributed by atoms with Gasteiger partial charge < -0.3 is 15.0 Å². The summed E-state index contributed by atoms with van der Waals surface area (Å²) in [5.41, 5.74) is 2.02. The molecule has 0 saturated carbocycles. The molecule has 1 atom stereocenters. The van der Waals surface area contributed by atoms with Crippen molar-refractivity contribution in [1.29, 1.82) is 0 Å². The van der Waals surface area contributed by atoms with Crippen LogP contribution < -0.4 is 10.1 Å². The highest BCUT2D eigenvalue weighted by molar-refractivity contribution is 6.31. The number of hydrogen-bond donors (Lipinski definition) is 1. The molecule has 3 rings (SSSR count). The fourth-order valence-corrected chi connectivity index (χ4v) is 3.80. The number of nitrogens with zero attached hydrogens (tertiary/aromatic N) is 1. The Bertz CT molecular complexity index is 1150. The molecule has 0 spiro atoms. The maximum atomic E-state index is 14.6. The van der Waals surface area contributed by atoms with Crippen LogP contribution in [0.3, 0.4) is 0 Å². The number of nitrogens with one attached hydrogen (secondary N) is 1. The van der Waals surface area contributed by atoms with E-state index in [2.05, 4.69) is 5.32 Å². The van der Waals surface area contributed by atoms with Crippen molar-refractivity contribution < 1.29 is 18.7 Å². The second kappa shape index (κ2) is 12.4. The summed E-state index contributed by atoms with van der Waals surface area (Å²) in [6, 6.07) is 19.8. The molecule has 0 aliphatic heterocycles. The van der Waals surface area contributed by atoms with Crippen molar-refractivity contribution in [3.05, 3.63) is 100 Å². The number of hydrogen-bond acceptors (Lipinski definition) is 3. The number of aryl methyl sites for hydroxylation is 1. The van der Waals surface area contributed by atoms with Gasteiger partial charge in [-0.1, -0.05) is 60.1 Å². The van der Waals surface area contributed by atoms with Crippen molar-refractivity contribution in [1.82, 2.24) is 10.2 Å². The van der Waals surface area contributed by atoms with E-state index in [1.807, 2.05) is 51.1 Å². The van der Waals surface area contributed by atoms with Crippen LogP contribution in [0.25, 0.3) is 0 Å². The van der Waals surface area contributed by atoms with Gasteiger partial charge in [0, 0.05) is 29.6 Å². The van der Waals surface area contributed by atoms with Crippen LogP contribution in [0.2, 0.25) is 5.02 Å². The summed E-state index contributed by atoms with van der Waals surface area (Å²) < 4.78 is 20.3. The molecule has 0 bridgehead atoms. The summed E-state index contributed by atoms with van der Waals surface area (Å²) in [5, 5.41) is 3.50. The van der Waals surface area contributed by atoms with Crippen LogP contribution in [0.5, 0.6) is 5.75 Å². The van der Waals surface area contributed by atoms with Gasteiger partial charge >= 0.3 is 0 Å². The summed E-state index contributed by atoms with van der Waals surface area (Å²) in [7, 11) is 0. The Morgan fingerprint density at radius 3 is 2.37 bits per heavy atom. The first-order valence-corrected chi connectivity index (χ1v) is 11.9. The van der Waals surface area contributed by atoms with E-state index in [9.17, 15) is 14.0 Å². The first-order valence-electron chi connectivity index (χ1n) is 11.5. The summed E-state index contributed by atoms with van der Waals surface area (Å²) in [6.45, 7) is 5.17. The molecular weight excluding hydrogens is 467 g/mol. The lowest BCUT2D eigenvalue weighted by Crippen LogP contribution is -2.53. The monoisotopic (exact) mass is 496 g/mol. The average molecular weight is 497 g/mol. The van der Waals surface area contributed by atoms with E-state index in [-0.39, 0.29) is 31.5 Å². The van der Waals surface area contributed by atoms with Crippen LogP contribution in [-0.4, -0.2) is 35.4 Å². The number of carbonyl (C=O) groups excluding carboxylic acids is 2. The van der Waals surface area contributed by atoms with E-state index >= 15 is 0 Å². The van der Waals surface area contributed by atoms with Crippen molar-refractivity contribution in [3.63, 3.8) is 0 Å². The van der Waals surface area contributed by atoms with Gasteiger partial charge in [0.1, 0.15) is 17.6 Å². The quantitative estimate of drug-likeness (QED) is 0.412. The number of carbonyl (C=O) groups is 2. The van der Waals surface area contributed by atoms with Gasteiger partial charge in [0.15, 0.2) is 6.61 Å². The highest BCUT2D eigenvalue weighted by atomic mass is 35.5. The summed E-state index contributed by atoms with van der Waals surface area (Å²) in [5.74, 6) is -0.698. The van der Waals surface area contributed by atoms with Gasteiger partial charge in [-0.05, 0) is 56.2 Å². The van der Waals surface area contributed by atoms with Gasteiger partial charge in [-0.2, -0.15) is 0 Å². The molecule has 0 saturated heterocycles. The van der Waals surface area contributed by atoms with Crippen molar-refractivity contribution in [2.75, 3.05) is 6.61 Å². The van der Waals surface area contributed by atoms with E-state index in [0.717, 1.165) is 11.1 Å². The Morgan fingerprint density at radius 2 is 1.71 bits per heavy atom. The Labute approximate surface area is 210 Å². The van der Waals surface area contributed by atoms with Gasteiger partial charge in [0.25, 0.3) is 5.91 Å². The van der Waals surface area contributed by atoms with Crippen LogP contribution in [0.1, 0.15) is 30.5 Å². The largest absolute Gasteiger partial charge is 0.484 e. The van der Waals surface area contributed by atoms with Crippen LogP contribution in [0.4, 0.5) is 4.39 Å². The van der Waals surface area contributed by atoms with Gasteiger partial charge in [-0.15, -0.1) is 0 Å². The summed E-state index contributed by atoms with van der Waals surface area (Å²) in [4.78, 5) is 28.2. The van der Waals surface area contributed by atoms with Crippen molar-refractivity contribution in [2.24, 2.45) is 0 Å². The minimum atomic E-state index is -0.859. The smallest absolute Gasteiger partial charge is 0.261 e. The topological polar surface area (TPSA) is 58.6 Å². The third-order valence-electron chi connectivity index (χ3n) is 5.49. The Morgan fingerprint density at radius 1 is 1.03 bits per heavy atom. The zero-order valence-electron chi connectivity index (χ0n) is 20.1. The highest BCUT2D eigenvalue weighted by Crippen LogP contribution is 2.22. The molecule has 0 unspecified atom stereocenters. The van der Waals surface area contributed by atoms with E-state index in [4.69, 9.17) is 16.3 Å². The first-order chi connectivity index (χ1) is 16.7.